The molecule has 2 saturated heterocycles. The molecule has 6 aromatic rings. The van der Waals surface area contributed by atoms with Crippen LogP contribution in [0, 0.1) is 11.3 Å². The number of anilines is 1. The lowest BCUT2D eigenvalue weighted by Crippen LogP contribution is -2.58. The van der Waals surface area contributed by atoms with Gasteiger partial charge in [0.15, 0.2) is 0 Å². The molecule has 0 N–H and O–H groups in total. The molecule has 4 aromatic carbocycles. The molecule has 10 nitrogen and oxygen atoms in total. The zero-order chi connectivity index (χ0) is 39.3. The smallest absolute Gasteiger partial charge is 0.410 e. The Morgan fingerprint density at radius 2 is 1.33 bits per heavy atom. The van der Waals surface area contributed by atoms with E-state index in [0.29, 0.717) is 42.9 Å². The highest BCUT2D eigenvalue weighted by Crippen LogP contribution is 2.49. The number of benzene rings is 4. The minimum Gasteiger partial charge on any atom is -0.473 e. The third-order valence-corrected chi connectivity index (χ3v) is 12.3. The van der Waals surface area contributed by atoms with E-state index in [9.17, 15) is 4.79 Å². The van der Waals surface area contributed by atoms with Crippen LogP contribution >= 0.6 is 0 Å². The topological polar surface area (TPSA) is 85.2 Å². The predicted molar refractivity (Wildman–Crippen MR) is 227 cm³/mol. The largest absolute Gasteiger partial charge is 0.473 e. The van der Waals surface area contributed by atoms with Crippen LogP contribution in [0.25, 0.3) is 22.2 Å². The van der Waals surface area contributed by atoms with Crippen molar-refractivity contribution in [1.29, 1.82) is 0 Å². The molecule has 0 bridgehead atoms. The molecular formula is C48H52N6O4. The fourth-order valence-electron chi connectivity index (χ4n) is 9.03. The molecule has 1 spiro atoms. The van der Waals surface area contributed by atoms with Gasteiger partial charge in [0.2, 0.25) is 11.8 Å². The first-order valence-corrected chi connectivity index (χ1v) is 20.7. The molecular weight excluding hydrogens is 725 g/mol. The van der Waals surface area contributed by atoms with E-state index in [4.69, 9.17) is 24.3 Å². The van der Waals surface area contributed by atoms with Gasteiger partial charge in [-0.25, -0.2) is 4.79 Å². The van der Waals surface area contributed by atoms with Crippen molar-refractivity contribution < 1.29 is 19.0 Å². The maximum Gasteiger partial charge on any atom is 0.410 e. The van der Waals surface area contributed by atoms with Crippen molar-refractivity contribution in [1.82, 2.24) is 24.6 Å². The first-order valence-electron chi connectivity index (χ1n) is 20.7. The number of amides is 1. The van der Waals surface area contributed by atoms with Crippen LogP contribution in [0.1, 0.15) is 42.4 Å². The number of ether oxygens (including phenoxy) is 3. The second kappa shape index (κ2) is 16.9. The van der Waals surface area contributed by atoms with Crippen LogP contribution in [-0.2, 0) is 31.6 Å². The number of para-hydroxylation sites is 1. The number of aromatic nitrogens is 3. The zero-order valence-corrected chi connectivity index (χ0v) is 33.3. The minimum atomic E-state index is -0.204. The summed E-state index contributed by atoms with van der Waals surface area (Å²) in [5.74, 6) is 1.72. The number of rotatable bonds is 12. The van der Waals surface area contributed by atoms with Gasteiger partial charge in [-0.2, -0.15) is 10.1 Å². The Labute approximate surface area is 341 Å². The van der Waals surface area contributed by atoms with Gasteiger partial charge in [0, 0.05) is 69.7 Å². The van der Waals surface area contributed by atoms with E-state index in [1.54, 1.807) is 0 Å². The summed E-state index contributed by atoms with van der Waals surface area (Å²) in [6.07, 6.45) is 4.84. The van der Waals surface area contributed by atoms with Crippen molar-refractivity contribution in [3.8, 4) is 23.0 Å². The third kappa shape index (κ3) is 8.38. The molecule has 0 atom stereocenters. The summed E-state index contributed by atoms with van der Waals surface area (Å²) in [5, 5.41) is 6.18. The number of fused-ring (bicyclic) bond motifs is 1. The quantitative estimate of drug-likeness (QED) is 0.122. The zero-order valence-electron chi connectivity index (χ0n) is 33.3. The molecule has 1 saturated carbocycles. The first-order chi connectivity index (χ1) is 28.5. The molecule has 1 amide bonds. The number of carbonyl (C=O) groups excluding carboxylic acids is 1. The van der Waals surface area contributed by atoms with Gasteiger partial charge in [-0.15, -0.1) is 0 Å². The second-order valence-corrected chi connectivity index (χ2v) is 16.3. The molecule has 2 aromatic heterocycles. The highest BCUT2D eigenvalue weighted by Gasteiger charge is 2.46. The van der Waals surface area contributed by atoms with E-state index in [2.05, 4.69) is 40.1 Å². The van der Waals surface area contributed by atoms with Gasteiger partial charge in [-0.05, 0) is 60.4 Å². The number of aryl methyl sites for hydroxylation is 1. The van der Waals surface area contributed by atoms with Crippen molar-refractivity contribution >= 4 is 22.7 Å². The van der Waals surface area contributed by atoms with Crippen molar-refractivity contribution in [2.45, 2.75) is 45.5 Å². The Kier molecular flexibility index (Phi) is 11.0. The number of nitrogens with zero attached hydrogens (tertiary/aromatic N) is 6. The summed E-state index contributed by atoms with van der Waals surface area (Å²) in [4.78, 5) is 24.5. The Hall–Kier alpha value is -5.87. The third-order valence-electron chi connectivity index (χ3n) is 12.3. The Bertz CT molecular complexity index is 2290. The Morgan fingerprint density at radius 3 is 1.98 bits per heavy atom. The van der Waals surface area contributed by atoms with Gasteiger partial charge in [-0.1, -0.05) is 103 Å². The van der Waals surface area contributed by atoms with Crippen molar-refractivity contribution in [3.63, 3.8) is 0 Å². The van der Waals surface area contributed by atoms with Crippen LogP contribution in [0.4, 0.5) is 10.5 Å². The number of piperazine rings is 1. The molecule has 298 valence electrons. The molecule has 0 radical (unpaired) electrons. The average molecular weight is 777 g/mol. The molecule has 4 heterocycles. The van der Waals surface area contributed by atoms with Gasteiger partial charge < -0.3 is 24.0 Å². The molecule has 1 aliphatic carbocycles. The van der Waals surface area contributed by atoms with Crippen molar-refractivity contribution in [3.05, 3.63) is 138 Å². The molecule has 9 rings (SSSR count). The van der Waals surface area contributed by atoms with Crippen LogP contribution in [0.2, 0.25) is 0 Å². The maximum atomic E-state index is 12.7. The van der Waals surface area contributed by atoms with E-state index < -0.39 is 0 Å². The number of carbonyl (C=O) groups is 1. The fraction of sp³-hybridized carbons (Fsp3) is 0.354. The molecule has 3 aliphatic rings. The molecule has 58 heavy (non-hydrogen) atoms. The number of pyridine rings is 1. The minimum absolute atomic E-state index is 0.204. The summed E-state index contributed by atoms with van der Waals surface area (Å²) in [7, 11) is 2.04. The van der Waals surface area contributed by atoms with Gasteiger partial charge in [-0.3, -0.25) is 9.58 Å². The van der Waals surface area contributed by atoms with Gasteiger partial charge >= 0.3 is 6.09 Å². The standard InChI is InChI=1S/C48H52N6O4/c1-51-45-40(44(50-51)41-20-21-43(56-31-37-12-5-2-6-13-37)49-46(41)57-32-38-14-7-3-8-15-38)18-11-19-42(45)54-34-48(35-54)24-22-36(23-25-48)30-52-26-28-53(29-27-52)47(55)58-33-39-16-9-4-10-17-39/h2-21,36H,22-35H2,1H3. The molecule has 2 aliphatic heterocycles. The first kappa shape index (κ1) is 37.7. The second-order valence-electron chi connectivity index (χ2n) is 16.3. The summed E-state index contributed by atoms with van der Waals surface area (Å²) >= 11 is 0. The Balaban J connectivity index is 0.825. The lowest BCUT2D eigenvalue weighted by Gasteiger charge is -2.55. The highest BCUT2D eigenvalue weighted by atomic mass is 16.6. The number of hydrogen-bond donors (Lipinski definition) is 0. The maximum absolute atomic E-state index is 12.7. The van der Waals surface area contributed by atoms with Crippen LogP contribution in [0.15, 0.2) is 121 Å². The van der Waals surface area contributed by atoms with Crippen molar-refractivity contribution in [2.24, 2.45) is 18.4 Å². The highest BCUT2D eigenvalue weighted by molar-refractivity contribution is 6.01. The van der Waals surface area contributed by atoms with Crippen LogP contribution in [0.5, 0.6) is 11.8 Å². The summed E-state index contributed by atoms with van der Waals surface area (Å²) in [6.45, 7) is 7.68. The van der Waals surface area contributed by atoms with Gasteiger partial charge in [0.05, 0.1) is 16.8 Å². The summed E-state index contributed by atoms with van der Waals surface area (Å²) in [5.41, 5.74) is 7.59. The SMILES string of the molecule is Cn1nc(-c2ccc(OCc3ccccc3)nc2OCc2ccccc2)c2cccc(N3CC4(CCC(CN5CCN(C(=O)OCc6ccccc6)CC5)CC4)C3)c21. The average Bonchev–Trinajstić information content (AvgIpc) is 3.61. The lowest BCUT2D eigenvalue weighted by molar-refractivity contribution is 0.0551. The van der Waals surface area contributed by atoms with Gasteiger partial charge in [0.25, 0.3) is 0 Å². The fourth-order valence-corrected chi connectivity index (χ4v) is 9.03. The van der Waals surface area contributed by atoms with E-state index in [1.807, 2.05) is 108 Å². The van der Waals surface area contributed by atoms with E-state index >= 15 is 0 Å². The molecule has 3 fully saturated rings. The van der Waals surface area contributed by atoms with Crippen LogP contribution < -0.4 is 14.4 Å². The lowest BCUT2D eigenvalue weighted by atomic mass is 9.65. The van der Waals surface area contributed by atoms with E-state index in [1.165, 1.54) is 31.4 Å². The van der Waals surface area contributed by atoms with Crippen LogP contribution in [-0.4, -0.2) is 76.5 Å². The predicted octanol–water partition coefficient (Wildman–Crippen LogP) is 8.74. The summed E-state index contributed by atoms with van der Waals surface area (Å²) < 4.78 is 20.2. The monoisotopic (exact) mass is 776 g/mol. The van der Waals surface area contributed by atoms with E-state index in [-0.39, 0.29) is 6.09 Å². The van der Waals surface area contributed by atoms with Crippen molar-refractivity contribution in [2.75, 3.05) is 50.7 Å². The van der Waals surface area contributed by atoms with Gasteiger partial charge in [0.1, 0.15) is 25.5 Å². The summed E-state index contributed by atoms with van der Waals surface area (Å²) in [6, 6.07) is 40.7. The van der Waals surface area contributed by atoms with E-state index in [0.717, 1.165) is 84.7 Å². The van der Waals surface area contributed by atoms with Crippen LogP contribution in [0.3, 0.4) is 0 Å². The molecule has 10 heteroatoms. The normalized spacial score (nSPS) is 17.0. The molecule has 0 unspecified atom stereocenters. The Morgan fingerprint density at radius 1 is 0.707 bits per heavy atom. The number of hydrogen-bond acceptors (Lipinski definition) is 8.